The number of rotatable bonds is 2. The first-order chi connectivity index (χ1) is 9.56. The fraction of sp³-hybridized carbons (Fsp3) is 0.500. The second-order valence-electron chi connectivity index (χ2n) is 5.29. The molecule has 3 heterocycles. The highest BCUT2D eigenvalue weighted by molar-refractivity contribution is 5.76. The zero-order valence-electron chi connectivity index (χ0n) is 11.7. The molecule has 0 bridgehead atoms. The summed E-state index contributed by atoms with van der Waals surface area (Å²) in [7, 11) is 0. The molecule has 6 heteroatoms. The molecule has 0 spiro atoms. The lowest BCUT2D eigenvalue weighted by molar-refractivity contribution is 0.198. The number of aromatic amines is 1. The summed E-state index contributed by atoms with van der Waals surface area (Å²) in [5.41, 5.74) is 1.61. The Balaban J connectivity index is 2.17. The zero-order valence-corrected chi connectivity index (χ0v) is 11.7. The molecule has 1 aliphatic heterocycles. The van der Waals surface area contributed by atoms with Crippen molar-refractivity contribution in [2.45, 2.75) is 32.8 Å². The van der Waals surface area contributed by atoms with Crippen molar-refractivity contribution < 1.29 is 5.11 Å². The summed E-state index contributed by atoms with van der Waals surface area (Å²) in [5, 5.41) is 10.1. The van der Waals surface area contributed by atoms with E-state index in [0.717, 1.165) is 25.9 Å². The molecule has 0 aliphatic carbocycles. The van der Waals surface area contributed by atoms with Crippen LogP contribution < -0.4 is 10.5 Å². The summed E-state index contributed by atoms with van der Waals surface area (Å²) in [6.07, 6.45) is 1.59. The van der Waals surface area contributed by atoms with Gasteiger partial charge in [0.2, 0.25) is 5.95 Å². The Labute approximate surface area is 116 Å². The summed E-state index contributed by atoms with van der Waals surface area (Å²) >= 11 is 0. The molecule has 0 amide bonds. The van der Waals surface area contributed by atoms with Crippen LogP contribution in [0.4, 0.5) is 5.95 Å². The number of fused-ring (bicyclic) bond motifs is 1. The van der Waals surface area contributed by atoms with Crippen molar-refractivity contribution in [2.75, 3.05) is 18.0 Å². The fourth-order valence-corrected chi connectivity index (χ4v) is 2.66. The molecule has 20 heavy (non-hydrogen) atoms. The number of aryl methyl sites for hydroxylation is 1. The van der Waals surface area contributed by atoms with Crippen LogP contribution in [0.1, 0.15) is 37.1 Å². The maximum Gasteiger partial charge on any atom is 0.261 e. The van der Waals surface area contributed by atoms with Crippen LogP contribution >= 0.6 is 0 Å². The maximum absolute atomic E-state index is 12.2. The Kier molecular flexibility index (Phi) is 3.17. The Morgan fingerprint density at radius 3 is 2.70 bits per heavy atom. The Morgan fingerprint density at radius 1 is 1.35 bits per heavy atom. The van der Waals surface area contributed by atoms with Gasteiger partial charge in [0.1, 0.15) is 0 Å². The molecule has 0 aromatic carbocycles. The summed E-state index contributed by atoms with van der Waals surface area (Å²) < 4.78 is 0. The molecule has 2 N–H and O–H groups in total. The number of nitrogens with one attached hydrogen (secondary N) is 1. The summed E-state index contributed by atoms with van der Waals surface area (Å²) in [6, 6.07) is 1.68. The van der Waals surface area contributed by atoms with Crippen molar-refractivity contribution in [1.82, 2.24) is 15.0 Å². The molecule has 0 saturated carbocycles. The van der Waals surface area contributed by atoms with Crippen LogP contribution in [0, 0.1) is 6.92 Å². The van der Waals surface area contributed by atoms with Crippen molar-refractivity contribution in [1.29, 1.82) is 0 Å². The highest BCUT2D eigenvalue weighted by Crippen LogP contribution is 2.21. The number of hydrogen-bond acceptors (Lipinski definition) is 5. The first kappa shape index (κ1) is 13.1. The van der Waals surface area contributed by atoms with E-state index >= 15 is 0 Å². The van der Waals surface area contributed by atoms with Gasteiger partial charge in [-0.15, -0.1) is 0 Å². The Morgan fingerprint density at radius 2 is 2.05 bits per heavy atom. The number of H-pyrrole nitrogens is 1. The number of pyridine rings is 1. The second-order valence-corrected chi connectivity index (χ2v) is 5.29. The number of aliphatic hydroxyl groups excluding tert-OH is 1. The van der Waals surface area contributed by atoms with Gasteiger partial charge in [-0.25, -0.2) is 4.98 Å². The van der Waals surface area contributed by atoms with Gasteiger partial charge in [-0.2, -0.15) is 4.98 Å². The zero-order chi connectivity index (χ0) is 14.3. The molecule has 3 rings (SSSR count). The molecule has 1 fully saturated rings. The number of nitrogens with zero attached hydrogens (tertiary/aromatic N) is 3. The van der Waals surface area contributed by atoms with Gasteiger partial charge in [0.05, 0.1) is 11.5 Å². The standard InChI is InChI=1S/C14H18N4O2/c1-8-10(9(2)19)7-11-12(15-8)16-14(17-13(11)20)18-5-3-4-6-18/h7,9,19H,3-6H2,1-2H3,(H,15,16,17,20). The highest BCUT2D eigenvalue weighted by atomic mass is 16.3. The number of aliphatic hydroxyl groups is 1. The Bertz CT molecular complexity index is 702. The topological polar surface area (TPSA) is 82.1 Å². The van der Waals surface area contributed by atoms with Gasteiger partial charge < -0.3 is 10.0 Å². The Hall–Kier alpha value is -1.95. The minimum atomic E-state index is -0.649. The van der Waals surface area contributed by atoms with E-state index in [-0.39, 0.29) is 5.56 Å². The van der Waals surface area contributed by atoms with E-state index in [0.29, 0.717) is 28.2 Å². The van der Waals surface area contributed by atoms with Gasteiger partial charge in [0, 0.05) is 24.3 Å². The average Bonchev–Trinajstić information content (AvgIpc) is 2.91. The lowest BCUT2D eigenvalue weighted by Gasteiger charge is -2.16. The molecule has 1 unspecified atom stereocenters. The molecule has 1 aliphatic rings. The second kappa shape index (κ2) is 4.86. The fourth-order valence-electron chi connectivity index (χ4n) is 2.66. The molecule has 1 atom stereocenters. The number of anilines is 1. The van der Waals surface area contributed by atoms with Gasteiger partial charge >= 0.3 is 0 Å². The van der Waals surface area contributed by atoms with Crippen LogP contribution in [0.15, 0.2) is 10.9 Å². The van der Waals surface area contributed by atoms with Gasteiger partial charge in [0.15, 0.2) is 5.65 Å². The van der Waals surface area contributed by atoms with Crippen LogP contribution in [0.3, 0.4) is 0 Å². The van der Waals surface area contributed by atoms with E-state index in [1.807, 2.05) is 6.92 Å². The molecule has 6 nitrogen and oxygen atoms in total. The van der Waals surface area contributed by atoms with Crippen LogP contribution in [-0.4, -0.2) is 33.1 Å². The van der Waals surface area contributed by atoms with Crippen LogP contribution in [0.5, 0.6) is 0 Å². The van der Waals surface area contributed by atoms with E-state index in [1.165, 1.54) is 0 Å². The number of hydrogen-bond donors (Lipinski definition) is 2. The summed E-state index contributed by atoms with van der Waals surface area (Å²) in [4.78, 5) is 25.9. The summed E-state index contributed by atoms with van der Waals surface area (Å²) in [6.45, 7) is 5.31. The molecular formula is C14H18N4O2. The normalized spacial score (nSPS) is 16.9. The van der Waals surface area contributed by atoms with E-state index in [1.54, 1.807) is 13.0 Å². The quantitative estimate of drug-likeness (QED) is 0.862. The maximum atomic E-state index is 12.2. The van der Waals surface area contributed by atoms with E-state index in [2.05, 4.69) is 19.9 Å². The van der Waals surface area contributed by atoms with Gasteiger partial charge in [-0.05, 0) is 32.8 Å². The third-order valence-corrected chi connectivity index (χ3v) is 3.77. The predicted molar refractivity (Wildman–Crippen MR) is 77.0 cm³/mol. The third-order valence-electron chi connectivity index (χ3n) is 3.77. The van der Waals surface area contributed by atoms with Gasteiger partial charge in [-0.1, -0.05) is 0 Å². The van der Waals surface area contributed by atoms with Crippen molar-refractivity contribution in [3.8, 4) is 0 Å². The first-order valence-corrected chi connectivity index (χ1v) is 6.91. The minimum absolute atomic E-state index is 0.202. The van der Waals surface area contributed by atoms with Crippen molar-refractivity contribution in [3.63, 3.8) is 0 Å². The van der Waals surface area contributed by atoms with Crippen LogP contribution in [0.25, 0.3) is 11.0 Å². The number of aromatic nitrogens is 3. The van der Waals surface area contributed by atoms with E-state index in [9.17, 15) is 9.90 Å². The van der Waals surface area contributed by atoms with Gasteiger partial charge in [-0.3, -0.25) is 9.78 Å². The predicted octanol–water partition coefficient (Wildman–Crippen LogP) is 1.28. The lowest BCUT2D eigenvalue weighted by atomic mass is 10.1. The molecule has 0 radical (unpaired) electrons. The van der Waals surface area contributed by atoms with Crippen LogP contribution in [0.2, 0.25) is 0 Å². The average molecular weight is 274 g/mol. The molecule has 2 aromatic heterocycles. The minimum Gasteiger partial charge on any atom is -0.389 e. The van der Waals surface area contributed by atoms with Crippen molar-refractivity contribution in [3.05, 3.63) is 27.7 Å². The smallest absolute Gasteiger partial charge is 0.261 e. The van der Waals surface area contributed by atoms with E-state index in [4.69, 9.17) is 0 Å². The monoisotopic (exact) mass is 274 g/mol. The van der Waals surface area contributed by atoms with E-state index < -0.39 is 6.10 Å². The molecule has 1 saturated heterocycles. The highest BCUT2D eigenvalue weighted by Gasteiger charge is 2.17. The van der Waals surface area contributed by atoms with Gasteiger partial charge in [0.25, 0.3) is 5.56 Å². The van der Waals surface area contributed by atoms with Crippen LogP contribution in [-0.2, 0) is 0 Å². The third kappa shape index (κ3) is 2.16. The van der Waals surface area contributed by atoms with Crippen molar-refractivity contribution >= 4 is 17.0 Å². The first-order valence-electron chi connectivity index (χ1n) is 6.91. The SMILES string of the molecule is Cc1nc2nc(N3CCCC3)[nH]c(=O)c2cc1C(C)O. The lowest BCUT2D eigenvalue weighted by Crippen LogP contribution is -2.24. The molecule has 2 aromatic rings. The molecule has 106 valence electrons. The largest absolute Gasteiger partial charge is 0.389 e. The van der Waals surface area contributed by atoms with Crippen molar-refractivity contribution in [2.24, 2.45) is 0 Å². The summed E-state index contributed by atoms with van der Waals surface area (Å²) in [5.74, 6) is 0.594. The molecular weight excluding hydrogens is 256 g/mol.